The number of benzene rings is 1. The van der Waals surface area contributed by atoms with Gasteiger partial charge in [0, 0.05) is 18.8 Å². The minimum atomic E-state index is 0.567. The number of hydrogen-bond donors (Lipinski definition) is 1. The summed E-state index contributed by atoms with van der Waals surface area (Å²) in [6, 6.07) is 13.1. The molecule has 3 aromatic rings. The van der Waals surface area contributed by atoms with Crippen molar-refractivity contribution in [2.75, 3.05) is 0 Å². The molecular formula is C18H19N3S. The summed E-state index contributed by atoms with van der Waals surface area (Å²) in [4.78, 5) is 0. The van der Waals surface area contributed by atoms with Gasteiger partial charge < -0.3 is 5.32 Å². The fourth-order valence-corrected chi connectivity index (χ4v) is 3.95. The zero-order chi connectivity index (χ0) is 14.8. The Balaban J connectivity index is 1.32. The topological polar surface area (TPSA) is 29.9 Å². The number of thiophene rings is 1. The lowest BCUT2D eigenvalue weighted by Crippen LogP contribution is -2.29. The standard InChI is InChI=1S/C18H19N3S/c1-2-4-14(5-3-1)11-21-7-6-17(20-21)10-19-18-8-15-12-22-13-16(15)9-18/h1-7,12-13,18-19H,8-11H2. The number of aromatic nitrogens is 2. The minimum Gasteiger partial charge on any atom is -0.308 e. The first-order chi connectivity index (χ1) is 10.9. The summed E-state index contributed by atoms with van der Waals surface area (Å²) in [5.74, 6) is 0. The van der Waals surface area contributed by atoms with E-state index in [4.69, 9.17) is 0 Å². The maximum atomic E-state index is 4.66. The van der Waals surface area contributed by atoms with Crippen molar-refractivity contribution in [3.05, 3.63) is 75.7 Å². The SMILES string of the molecule is c1ccc(Cn2ccc(CNC3Cc4cscc4C3)n2)cc1. The highest BCUT2D eigenvalue weighted by atomic mass is 32.1. The van der Waals surface area contributed by atoms with E-state index in [1.165, 1.54) is 16.7 Å². The smallest absolute Gasteiger partial charge is 0.0762 e. The van der Waals surface area contributed by atoms with Crippen molar-refractivity contribution in [3.63, 3.8) is 0 Å². The van der Waals surface area contributed by atoms with Crippen molar-refractivity contribution in [1.82, 2.24) is 15.1 Å². The van der Waals surface area contributed by atoms with Gasteiger partial charge >= 0.3 is 0 Å². The van der Waals surface area contributed by atoms with Gasteiger partial charge in [-0.15, -0.1) is 0 Å². The van der Waals surface area contributed by atoms with Crippen LogP contribution in [0.25, 0.3) is 0 Å². The van der Waals surface area contributed by atoms with Gasteiger partial charge in [-0.3, -0.25) is 4.68 Å². The normalized spacial score (nSPS) is 14.4. The molecule has 2 aromatic heterocycles. The van der Waals surface area contributed by atoms with Crippen molar-refractivity contribution in [2.24, 2.45) is 0 Å². The average molecular weight is 309 g/mol. The maximum Gasteiger partial charge on any atom is 0.0762 e. The second-order valence-corrected chi connectivity index (χ2v) is 6.64. The van der Waals surface area contributed by atoms with Crippen LogP contribution in [0, 0.1) is 0 Å². The molecular weight excluding hydrogens is 290 g/mol. The van der Waals surface area contributed by atoms with E-state index in [1.54, 1.807) is 0 Å². The molecule has 1 aliphatic rings. The molecule has 0 unspecified atom stereocenters. The molecule has 4 rings (SSSR count). The van der Waals surface area contributed by atoms with Gasteiger partial charge in [0.2, 0.25) is 0 Å². The van der Waals surface area contributed by atoms with Crippen molar-refractivity contribution in [1.29, 1.82) is 0 Å². The molecule has 1 N–H and O–H groups in total. The zero-order valence-electron chi connectivity index (χ0n) is 12.4. The lowest BCUT2D eigenvalue weighted by atomic mass is 10.2. The molecule has 1 aliphatic carbocycles. The zero-order valence-corrected chi connectivity index (χ0v) is 13.2. The molecule has 1 aromatic carbocycles. The average Bonchev–Trinajstić information content (AvgIpc) is 3.22. The monoisotopic (exact) mass is 309 g/mol. The summed E-state index contributed by atoms with van der Waals surface area (Å²) in [6.45, 7) is 1.68. The van der Waals surface area contributed by atoms with Gasteiger partial charge in [0.25, 0.3) is 0 Å². The largest absolute Gasteiger partial charge is 0.308 e. The van der Waals surface area contributed by atoms with E-state index in [2.05, 4.69) is 57.7 Å². The van der Waals surface area contributed by atoms with E-state index in [0.29, 0.717) is 6.04 Å². The van der Waals surface area contributed by atoms with Crippen LogP contribution in [0.2, 0.25) is 0 Å². The highest BCUT2D eigenvalue weighted by Gasteiger charge is 2.21. The van der Waals surface area contributed by atoms with Crippen molar-refractivity contribution in [2.45, 2.75) is 32.0 Å². The number of hydrogen-bond acceptors (Lipinski definition) is 3. The summed E-state index contributed by atoms with van der Waals surface area (Å²) in [5, 5.41) is 12.9. The fraction of sp³-hybridized carbons (Fsp3) is 0.278. The summed E-state index contributed by atoms with van der Waals surface area (Å²) >= 11 is 1.82. The molecule has 22 heavy (non-hydrogen) atoms. The van der Waals surface area contributed by atoms with Gasteiger partial charge in [0.15, 0.2) is 0 Å². The Kier molecular flexibility index (Phi) is 3.79. The fourth-order valence-electron chi connectivity index (χ4n) is 3.06. The van der Waals surface area contributed by atoms with E-state index in [0.717, 1.165) is 31.6 Å². The first-order valence-electron chi connectivity index (χ1n) is 7.70. The van der Waals surface area contributed by atoms with Gasteiger partial charge in [-0.2, -0.15) is 16.4 Å². The van der Waals surface area contributed by atoms with Crippen LogP contribution in [0.1, 0.15) is 22.4 Å². The molecule has 112 valence electrons. The van der Waals surface area contributed by atoms with E-state index < -0.39 is 0 Å². The molecule has 0 fully saturated rings. The van der Waals surface area contributed by atoms with Crippen LogP contribution in [-0.2, 0) is 25.9 Å². The van der Waals surface area contributed by atoms with Crippen LogP contribution in [0.4, 0.5) is 0 Å². The van der Waals surface area contributed by atoms with Gasteiger partial charge in [-0.1, -0.05) is 30.3 Å². The van der Waals surface area contributed by atoms with E-state index in [-0.39, 0.29) is 0 Å². The Morgan fingerprint density at radius 3 is 2.64 bits per heavy atom. The molecule has 0 atom stereocenters. The molecule has 0 amide bonds. The van der Waals surface area contributed by atoms with Gasteiger partial charge in [0.1, 0.15) is 0 Å². The van der Waals surface area contributed by atoms with Crippen LogP contribution in [0.15, 0.2) is 53.4 Å². The number of fused-ring (bicyclic) bond motifs is 1. The maximum absolute atomic E-state index is 4.66. The third-order valence-electron chi connectivity index (χ3n) is 4.22. The first-order valence-corrected chi connectivity index (χ1v) is 8.65. The minimum absolute atomic E-state index is 0.567. The number of nitrogens with one attached hydrogen (secondary N) is 1. The third-order valence-corrected chi connectivity index (χ3v) is 5.06. The number of nitrogens with zero attached hydrogens (tertiary/aromatic N) is 2. The van der Waals surface area contributed by atoms with Crippen LogP contribution >= 0.6 is 11.3 Å². The molecule has 3 nitrogen and oxygen atoms in total. The second kappa shape index (κ2) is 6.07. The molecule has 0 aliphatic heterocycles. The predicted molar refractivity (Wildman–Crippen MR) is 90.1 cm³/mol. The third kappa shape index (κ3) is 2.98. The Morgan fingerprint density at radius 1 is 1.09 bits per heavy atom. The van der Waals surface area contributed by atoms with E-state index in [1.807, 2.05) is 22.1 Å². The predicted octanol–water partition coefficient (Wildman–Crippen LogP) is 3.25. The lowest BCUT2D eigenvalue weighted by molar-refractivity contribution is 0.522. The summed E-state index contributed by atoms with van der Waals surface area (Å²) in [6.07, 6.45) is 4.38. The Bertz CT molecular complexity index is 724. The van der Waals surface area contributed by atoms with Crippen LogP contribution in [0.5, 0.6) is 0 Å². The summed E-state index contributed by atoms with van der Waals surface area (Å²) in [5.41, 5.74) is 5.45. The summed E-state index contributed by atoms with van der Waals surface area (Å²) in [7, 11) is 0. The van der Waals surface area contributed by atoms with Crippen molar-refractivity contribution < 1.29 is 0 Å². The van der Waals surface area contributed by atoms with E-state index in [9.17, 15) is 0 Å². The van der Waals surface area contributed by atoms with Gasteiger partial charge in [-0.05, 0) is 46.4 Å². The molecule has 0 spiro atoms. The second-order valence-electron chi connectivity index (χ2n) is 5.90. The molecule has 0 saturated carbocycles. The molecule has 0 radical (unpaired) electrons. The Morgan fingerprint density at radius 2 is 1.86 bits per heavy atom. The van der Waals surface area contributed by atoms with Crippen molar-refractivity contribution >= 4 is 11.3 Å². The Hall–Kier alpha value is -1.91. The van der Waals surface area contributed by atoms with Crippen LogP contribution in [0.3, 0.4) is 0 Å². The quantitative estimate of drug-likeness (QED) is 0.784. The van der Waals surface area contributed by atoms with Crippen molar-refractivity contribution in [3.8, 4) is 0 Å². The molecule has 0 saturated heterocycles. The Labute approximate surface area is 134 Å². The van der Waals surface area contributed by atoms with Gasteiger partial charge in [0.05, 0.1) is 12.2 Å². The molecule has 4 heteroatoms. The number of rotatable bonds is 5. The molecule has 0 bridgehead atoms. The van der Waals surface area contributed by atoms with E-state index >= 15 is 0 Å². The van der Waals surface area contributed by atoms with Crippen LogP contribution in [-0.4, -0.2) is 15.8 Å². The highest BCUT2D eigenvalue weighted by molar-refractivity contribution is 7.08. The lowest BCUT2D eigenvalue weighted by Gasteiger charge is -2.10. The first kappa shape index (κ1) is 13.7. The highest BCUT2D eigenvalue weighted by Crippen LogP contribution is 2.25. The van der Waals surface area contributed by atoms with Crippen LogP contribution < -0.4 is 5.32 Å². The summed E-state index contributed by atoms with van der Waals surface area (Å²) < 4.78 is 2.01. The van der Waals surface area contributed by atoms with Gasteiger partial charge in [-0.25, -0.2) is 0 Å². The molecule has 2 heterocycles.